The summed E-state index contributed by atoms with van der Waals surface area (Å²) in [6.45, 7) is 11.4. The van der Waals surface area contributed by atoms with Gasteiger partial charge >= 0.3 is 0 Å². The molecule has 1 nitrogen and oxygen atoms in total. The van der Waals surface area contributed by atoms with Crippen LogP contribution >= 0.6 is 0 Å². The molecule has 1 unspecified atom stereocenters. The Bertz CT molecular complexity index is 231. The first-order valence-electron chi connectivity index (χ1n) is 6.27. The molecule has 0 aliphatic carbocycles. The van der Waals surface area contributed by atoms with Crippen LogP contribution in [0.25, 0.3) is 0 Å². The fourth-order valence-electron chi connectivity index (χ4n) is 2.58. The smallest absolute Gasteiger partial charge is 0.252 e. The van der Waals surface area contributed by atoms with E-state index in [4.69, 9.17) is 0 Å². The van der Waals surface area contributed by atoms with E-state index in [2.05, 4.69) is 25.7 Å². The van der Waals surface area contributed by atoms with Gasteiger partial charge in [-0.1, -0.05) is 13.8 Å². The van der Waals surface area contributed by atoms with E-state index in [1.807, 2.05) is 13.8 Å². The van der Waals surface area contributed by atoms with Crippen molar-refractivity contribution in [3.8, 4) is 0 Å². The maximum atomic E-state index is 13.9. The molecule has 0 saturated carbocycles. The Kier molecular flexibility index (Phi) is 3.99. The molecule has 1 heterocycles. The van der Waals surface area contributed by atoms with E-state index in [0.29, 0.717) is 13.0 Å². The highest BCUT2D eigenvalue weighted by molar-refractivity contribution is 4.88. The summed E-state index contributed by atoms with van der Waals surface area (Å²) in [4.78, 5) is 2.18. The normalized spacial score (nSPS) is 28.1. The third-order valence-electron chi connectivity index (χ3n) is 3.72. The lowest BCUT2D eigenvalue weighted by Crippen LogP contribution is -2.42. The van der Waals surface area contributed by atoms with Crippen molar-refractivity contribution in [2.75, 3.05) is 13.1 Å². The first kappa shape index (κ1) is 13.9. The second kappa shape index (κ2) is 4.59. The standard InChI is InChI=1S/C13H25F2N/c1-10(2)11-6-8-16(12(3,4)5)9-7-13(11,14)15/h10-11H,6-9H2,1-5H3. The third-order valence-corrected chi connectivity index (χ3v) is 3.72. The highest BCUT2D eigenvalue weighted by Crippen LogP contribution is 2.39. The molecule has 1 atom stereocenters. The molecule has 1 aliphatic heterocycles. The summed E-state index contributed by atoms with van der Waals surface area (Å²) >= 11 is 0. The quantitative estimate of drug-likeness (QED) is 0.666. The van der Waals surface area contributed by atoms with E-state index < -0.39 is 11.8 Å². The molecule has 0 aromatic heterocycles. The van der Waals surface area contributed by atoms with Gasteiger partial charge in [0.15, 0.2) is 0 Å². The van der Waals surface area contributed by atoms with Crippen LogP contribution < -0.4 is 0 Å². The molecule has 0 N–H and O–H groups in total. The highest BCUT2D eigenvalue weighted by Gasteiger charge is 2.44. The zero-order chi connectivity index (χ0) is 12.6. The van der Waals surface area contributed by atoms with Gasteiger partial charge in [-0.3, -0.25) is 4.90 Å². The third kappa shape index (κ3) is 3.16. The zero-order valence-electron chi connectivity index (χ0n) is 11.2. The second-order valence-corrected chi connectivity index (χ2v) is 6.31. The van der Waals surface area contributed by atoms with Crippen molar-refractivity contribution in [3.63, 3.8) is 0 Å². The highest BCUT2D eigenvalue weighted by atomic mass is 19.3. The van der Waals surface area contributed by atoms with Gasteiger partial charge in [0.1, 0.15) is 0 Å². The molecular weight excluding hydrogens is 208 g/mol. The summed E-state index contributed by atoms with van der Waals surface area (Å²) in [6, 6.07) is 0. The summed E-state index contributed by atoms with van der Waals surface area (Å²) < 4.78 is 27.8. The fourth-order valence-corrected chi connectivity index (χ4v) is 2.58. The van der Waals surface area contributed by atoms with Crippen LogP contribution in [0, 0.1) is 11.8 Å². The molecule has 1 aliphatic rings. The molecule has 0 amide bonds. The fraction of sp³-hybridized carbons (Fsp3) is 1.00. The molecule has 1 fully saturated rings. The topological polar surface area (TPSA) is 3.24 Å². The molecule has 0 aromatic carbocycles. The zero-order valence-corrected chi connectivity index (χ0v) is 11.2. The van der Waals surface area contributed by atoms with Gasteiger partial charge in [0.25, 0.3) is 5.92 Å². The first-order valence-corrected chi connectivity index (χ1v) is 6.27. The number of alkyl halides is 2. The predicted octanol–water partition coefficient (Wildman–Crippen LogP) is 3.79. The summed E-state index contributed by atoms with van der Waals surface area (Å²) in [5.41, 5.74) is 0.00193. The molecule has 16 heavy (non-hydrogen) atoms. The Labute approximate surface area is 98.2 Å². The number of likely N-dealkylation sites (tertiary alicyclic amines) is 1. The minimum atomic E-state index is -2.49. The van der Waals surface area contributed by atoms with Gasteiger partial charge in [-0.25, -0.2) is 8.78 Å². The molecular formula is C13H25F2N. The van der Waals surface area contributed by atoms with Gasteiger partial charge in [0.2, 0.25) is 0 Å². The van der Waals surface area contributed by atoms with Crippen LogP contribution in [-0.4, -0.2) is 29.5 Å². The van der Waals surface area contributed by atoms with Crippen molar-refractivity contribution in [2.24, 2.45) is 11.8 Å². The van der Waals surface area contributed by atoms with Crippen molar-refractivity contribution in [3.05, 3.63) is 0 Å². The number of hydrogen-bond acceptors (Lipinski definition) is 1. The lowest BCUT2D eigenvalue weighted by atomic mass is 9.86. The molecule has 0 bridgehead atoms. The number of nitrogens with zero attached hydrogens (tertiary/aromatic N) is 1. The van der Waals surface area contributed by atoms with E-state index >= 15 is 0 Å². The summed E-state index contributed by atoms with van der Waals surface area (Å²) in [6.07, 6.45) is 0.620. The van der Waals surface area contributed by atoms with Crippen LogP contribution in [0.15, 0.2) is 0 Å². The van der Waals surface area contributed by atoms with E-state index in [9.17, 15) is 8.78 Å². The van der Waals surface area contributed by atoms with Crippen LogP contribution in [-0.2, 0) is 0 Å². The van der Waals surface area contributed by atoms with Crippen LogP contribution in [0.3, 0.4) is 0 Å². The largest absolute Gasteiger partial charge is 0.298 e. The van der Waals surface area contributed by atoms with Crippen molar-refractivity contribution in [1.82, 2.24) is 4.90 Å². The predicted molar refractivity (Wildman–Crippen MR) is 63.8 cm³/mol. The van der Waals surface area contributed by atoms with E-state index in [1.165, 1.54) is 0 Å². The van der Waals surface area contributed by atoms with E-state index in [0.717, 1.165) is 6.54 Å². The first-order chi connectivity index (χ1) is 7.14. The maximum Gasteiger partial charge on any atom is 0.252 e. The van der Waals surface area contributed by atoms with Crippen molar-refractivity contribution in [2.45, 2.75) is 58.9 Å². The number of halogens is 2. The summed E-state index contributed by atoms with van der Waals surface area (Å²) in [5.74, 6) is -2.89. The van der Waals surface area contributed by atoms with Gasteiger partial charge in [-0.15, -0.1) is 0 Å². The van der Waals surface area contributed by atoms with E-state index in [1.54, 1.807) is 0 Å². The Morgan fingerprint density at radius 2 is 1.75 bits per heavy atom. The average molecular weight is 233 g/mol. The van der Waals surface area contributed by atoms with Gasteiger partial charge in [-0.2, -0.15) is 0 Å². The molecule has 0 radical (unpaired) electrons. The Hall–Kier alpha value is -0.180. The molecule has 0 aromatic rings. The molecule has 1 saturated heterocycles. The Balaban J connectivity index is 2.76. The van der Waals surface area contributed by atoms with E-state index in [-0.39, 0.29) is 17.9 Å². The minimum Gasteiger partial charge on any atom is -0.298 e. The van der Waals surface area contributed by atoms with Gasteiger partial charge in [0.05, 0.1) is 0 Å². The van der Waals surface area contributed by atoms with Gasteiger partial charge in [-0.05, 0) is 39.7 Å². The molecule has 96 valence electrons. The monoisotopic (exact) mass is 233 g/mol. The maximum absolute atomic E-state index is 13.9. The number of hydrogen-bond donors (Lipinski definition) is 0. The molecule has 3 heteroatoms. The van der Waals surface area contributed by atoms with Gasteiger partial charge < -0.3 is 0 Å². The van der Waals surface area contributed by atoms with Crippen molar-refractivity contribution in [1.29, 1.82) is 0 Å². The van der Waals surface area contributed by atoms with Gasteiger partial charge in [0, 0.05) is 24.4 Å². The lowest BCUT2D eigenvalue weighted by Gasteiger charge is -2.34. The minimum absolute atomic E-state index is 0.00193. The average Bonchev–Trinajstić information content (AvgIpc) is 2.21. The van der Waals surface area contributed by atoms with Crippen LogP contribution in [0.4, 0.5) is 8.78 Å². The Morgan fingerprint density at radius 1 is 1.19 bits per heavy atom. The van der Waals surface area contributed by atoms with Crippen LogP contribution in [0.2, 0.25) is 0 Å². The second-order valence-electron chi connectivity index (χ2n) is 6.31. The summed E-state index contributed by atoms with van der Waals surface area (Å²) in [5, 5.41) is 0. The summed E-state index contributed by atoms with van der Waals surface area (Å²) in [7, 11) is 0. The van der Waals surface area contributed by atoms with Crippen molar-refractivity contribution >= 4 is 0 Å². The molecule has 1 rings (SSSR count). The number of rotatable bonds is 1. The van der Waals surface area contributed by atoms with Crippen LogP contribution in [0.5, 0.6) is 0 Å². The Morgan fingerprint density at radius 3 is 2.19 bits per heavy atom. The molecule has 0 spiro atoms. The lowest BCUT2D eigenvalue weighted by molar-refractivity contribution is -0.0778. The SMILES string of the molecule is CC(C)C1CCN(C(C)(C)C)CCC1(F)F. The van der Waals surface area contributed by atoms with Crippen molar-refractivity contribution < 1.29 is 8.78 Å². The van der Waals surface area contributed by atoms with Crippen LogP contribution in [0.1, 0.15) is 47.5 Å².